The quantitative estimate of drug-likeness (QED) is 0.662. The van der Waals surface area contributed by atoms with Crippen molar-refractivity contribution in [3.05, 3.63) is 39.9 Å². The molecule has 1 N–H and O–H groups in total. The predicted octanol–water partition coefficient (Wildman–Crippen LogP) is 2.81. The van der Waals surface area contributed by atoms with Crippen LogP contribution in [0.2, 0.25) is 0 Å². The highest BCUT2D eigenvalue weighted by atomic mass is 16.6. The van der Waals surface area contributed by atoms with Crippen molar-refractivity contribution in [1.29, 1.82) is 0 Å². The van der Waals surface area contributed by atoms with Gasteiger partial charge in [0.15, 0.2) is 0 Å². The number of carbonyl (C=O) groups is 1. The summed E-state index contributed by atoms with van der Waals surface area (Å²) in [4.78, 5) is 21.3. The van der Waals surface area contributed by atoms with Crippen molar-refractivity contribution in [2.24, 2.45) is 0 Å². The Labute approximate surface area is 105 Å². The molecular formula is C12H16N2O4. The summed E-state index contributed by atoms with van der Waals surface area (Å²) in [5.41, 5.74) is 0.557. The molecule has 0 radical (unpaired) electrons. The number of amides is 1. The van der Waals surface area contributed by atoms with Gasteiger partial charge in [-0.25, -0.2) is 4.79 Å². The number of rotatable bonds is 3. The number of hydrogen-bond acceptors (Lipinski definition) is 4. The minimum Gasteiger partial charge on any atom is -0.444 e. The van der Waals surface area contributed by atoms with Gasteiger partial charge in [-0.15, -0.1) is 0 Å². The first-order valence-electron chi connectivity index (χ1n) is 5.47. The summed E-state index contributed by atoms with van der Waals surface area (Å²) in [5.74, 6) is 0. The lowest BCUT2D eigenvalue weighted by molar-refractivity contribution is -0.496. The Hall–Kier alpha value is -2.11. The van der Waals surface area contributed by atoms with Crippen molar-refractivity contribution >= 4 is 11.8 Å². The molecule has 0 unspecified atom stereocenters. The maximum Gasteiger partial charge on any atom is 0.412 e. The number of anilines is 1. The van der Waals surface area contributed by atoms with Gasteiger partial charge in [-0.3, -0.25) is 15.4 Å². The predicted molar refractivity (Wildman–Crippen MR) is 67.0 cm³/mol. The van der Waals surface area contributed by atoms with E-state index in [2.05, 4.69) is 5.32 Å². The molecule has 0 fully saturated rings. The number of nitro groups is 1. The second-order valence-electron chi connectivity index (χ2n) is 4.81. The zero-order valence-corrected chi connectivity index (χ0v) is 10.6. The molecule has 0 aliphatic rings. The van der Waals surface area contributed by atoms with E-state index in [-0.39, 0.29) is 6.54 Å². The lowest BCUT2D eigenvalue weighted by atomic mass is 10.2. The van der Waals surface area contributed by atoms with Crippen molar-refractivity contribution in [2.75, 3.05) is 5.32 Å². The van der Waals surface area contributed by atoms with Gasteiger partial charge in [0.1, 0.15) is 5.60 Å². The van der Waals surface area contributed by atoms with Crippen LogP contribution in [0, 0.1) is 10.1 Å². The van der Waals surface area contributed by atoms with Crippen molar-refractivity contribution in [2.45, 2.75) is 32.9 Å². The molecule has 1 aromatic rings. The number of ether oxygens (including phenoxy) is 1. The number of nitrogens with one attached hydrogen (secondary N) is 1. The highest BCUT2D eigenvalue weighted by Gasteiger charge is 2.16. The lowest BCUT2D eigenvalue weighted by Crippen LogP contribution is -2.27. The second kappa shape index (κ2) is 5.48. The van der Waals surface area contributed by atoms with Crippen LogP contribution in [0.4, 0.5) is 10.5 Å². The number of hydrogen-bond donors (Lipinski definition) is 1. The average Bonchev–Trinajstić information content (AvgIpc) is 2.17. The van der Waals surface area contributed by atoms with Gasteiger partial charge in [0.25, 0.3) is 0 Å². The fourth-order valence-corrected chi connectivity index (χ4v) is 1.26. The van der Waals surface area contributed by atoms with Crippen molar-refractivity contribution in [3.63, 3.8) is 0 Å². The minimum absolute atomic E-state index is 0.229. The Kier molecular flexibility index (Phi) is 4.25. The monoisotopic (exact) mass is 252 g/mol. The van der Waals surface area contributed by atoms with Gasteiger partial charge in [-0.2, -0.15) is 0 Å². The van der Waals surface area contributed by atoms with Crippen LogP contribution in [0.1, 0.15) is 26.3 Å². The van der Waals surface area contributed by atoms with Gasteiger partial charge in [-0.1, -0.05) is 12.1 Å². The number of carbonyl (C=O) groups excluding carboxylic acids is 1. The van der Waals surface area contributed by atoms with Crippen LogP contribution in [-0.4, -0.2) is 16.6 Å². The summed E-state index contributed by atoms with van der Waals surface area (Å²) in [6.07, 6.45) is -0.551. The SMILES string of the molecule is CC(C)(C)OC(=O)Nc1ccc(C[N+](=O)[O-])cc1. The molecule has 98 valence electrons. The van der Waals surface area contributed by atoms with Crippen molar-refractivity contribution in [1.82, 2.24) is 0 Å². The molecule has 0 aliphatic carbocycles. The number of nitrogens with zero attached hydrogens (tertiary/aromatic N) is 1. The Morgan fingerprint density at radius 3 is 2.33 bits per heavy atom. The van der Waals surface area contributed by atoms with E-state index in [1.807, 2.05) is 0 Å². The van der Waals surface area contributed by atoms with E-state index in [4.69, 9.17) is 4.74 Å². The Balaban J connectivity index is 2.58. The molecule has 0 bridgehead atoms. The van der Waals surface area contributed by atoms with E-state index in [0.717, 1.165) is 0 Å². The second-order valence-corrected chi connectivity index (χ2v) is 4.81. The first kappa shape index (κ1) is 14.0. The first-order chi connectivity index (χ1) is 8.26. The summed E-state index contributed by atoms with van der Waals surface area (Å²) < 4.78 is 5.08. The largest absolute Gasteiger partial charge is 0.444 e. The fraction of sp³-hybridized carbons (Fsp3) is 0.417. The summed E-state index contributed by atoms with van der Waals surface area (Å²) >= 11 is 0. The Morgan fingerprint density at radius 1 is 1.33 bits per heavy atom. The third-order valence-electron chi connectivity index (χ3n) is 1.91. The molecule has 0 heterocycles. The van der Waals surface area contributed by atoms with Crippen LogP contribution in [0.15, 0.2) is 24.3 Å². The summed E-state index contributed by atoms with van der Waals surface area (Å²) in [7, 11) is 0. The van der Waals surface area contributed by atoms with E-state index >= 15 is 0 Å². The normalized spacial score (nSPS) is 10.8. The van der Waals surface area contributed by atoms with E-state index in [0.29, 0.717) is 11.3 Å². The smallest absolute Gasteiger partial charge is 0.412 e. The molecule has 6 heteroatoms. The molecule has 0 saturated carbocycles. The highest BCUT2D eigenvalue weighted by Crippen LogP contribution is 2.13. The Morgan fingerprint density at radius 2 is 1.89 bits per heavy atom. The summed E-state index contributed by atoms with van der Waals surface area (Å²) in [6, 6.07) is 6.39. The van der Waals surface area contributed by atoms with Crippen LogP contribution in [-0.2, 0) is 11.3 Å². The highest BCUT2D eigenvalue weighted by molar-refractivity contribution is 5.84. The minimum atomic E-state index is -0.560. The first-order valence-corrected chi connectivity index (χ1v) is 5.47. The maximum atomic E-state index is 11.4. The van der Waals surface area contributed by atoms with Crippen LogP contribution in [0.25, 0.3) is 0 Å². The standard InChI is InChI=1S/C12H16N2O4/c1-12(2,3)18-11(15)13-10-6-4-9(5-7-10)8-14(16)17/h4-7H,8H2,1-3H3,(H,13,15). The molecular weight excluding hydrogens is 236 g/mol. The molecule has 18 heavy (non-hydrogen) atoms. The van der Waals surface area contributed by atoms with E-state index < -0.39 is 16.6 Å². The van der Waals surface area contributed by atoms with E-state index in [9.17, 15) is 14.9 Å². The lowest BCUT2D eigenvalue weighted by Gasteiger charge is -2.19. The zero-order chi connectivity index (χ0) is 13.8. The van der Waals surface area contributed by atoms with E-state index in [1.165, 1.54) is 0 Å². The molecule has 0 spiro atoms. The topological polar surface area (TPSA) is 81.5 Å². The van der Waals surface area contributed by atoms with Gasteiger partial charge < -0.3 is 4.74 Å². The third-order valence-corrected chi connectivity index (χ3v) is 1.91. The van der Waals surface area contributed by atoms with Crippen LogP contribution in [0.3, 0.4) is 0 Å². The van der Waals surface area contributed by atoms with E-state index in [1.54, 1.807) is 45.0 Å². The number of benzene rings is 1. The van der Waals surface area contributed by atoms with Gasteiger partial charge in [0.05, 0.1) is 0 Å². The van der Waals surface area contributed by atoms with Crippen LogP contribution >= 0.6 is 0 Å². The average molecular weight is 252 g/mol. The van der Waals surface area contributed by atoms with Gasteiger partial charge in [0, 0.05) is 16.2 Å². The molecule has 0 atom stereocenters. The summed E-state index contributed by atoms with van der Waals surface area (Å²) in [6.45, 7) is 5.08. The molecule has 1 aromatic carbocycles. The molecule has 1 amide bonds. The molecule has 1 rings (SSSR count). The van der Waals surface area contributed by atoms with Crippen molar-refractivity contribution in [3.8, 4) is 0 Å². The fourth-order valence-electron chi connectivity index (χ4n) is 1.26. The summed E-state index contributed by atoms with van der Waals surface area (Å²) in [5, 5.41) is 12.9. The third kappa shape index (κ3) is 5.29. The van der Waals surface area contributed by atoms with Crippen LogP contribution < -0.4 is 5.32 Å². The molecule has 0 aliphatic heterocycles. The van der Waals surface area contributed by atoms with Gasteiger partial charge >= 0.3 is 6.09 Å². The zero-order valence-electron chi connectivity index (χ0n) is 10.6. The Bertz CT molecular complexity index is 434. The van der Waals surface area contributed by atoms with Crippen molar-refractivity contribution < 1.29 is 14.5 Å². The maximum absolute atomic E-state index is 11.4. The van der Waals surface area contributed by atoms with Crippen LogP contribution in [0.5, 0.6) is 0 Å². The molecule has 0 aromatic heterocycles. The molecule has 0 saturated heterocycles. The van der Waals surface area contributed by atoms with Gasteiger partial charge in [0.2, 0.25) is 6.54 Å². The van der Waals surface area contributed by atoms with Gasteiger partial charge in [-0.05, 0) is 32.9 Å². The molecule has 6 nitrogen and oxygen atoms in total.